The number of sulfonamides is 1. The van der Waals surface area contributed by atoms with Crippen LogP contribution in [0.4, 0.5) is 5.69 Å². The number of anilines is 1. The van der Waals surface area contributed by atoms with Crippen LogP contribution in [0.15, 0.2) is 17.0 Å². The lowest BCUT2D eigenvalue weighted by atomic mass is 10.2. The first kappa shape index (κ1) is 16.5. The fraction of sp³-hybridized carbons (Fsp3) is 0.571. The standard InChI is InChI=1S/C14H22ClN3O2S/c1-3-18(11-4-5-11)7-6-17-21(19,20)14-9-13(16)10(2)8-12(14)15/h8-9,11,17H,3-7,16H2,1-2H3. The molecule has 5 nitrogen and oxygen atoms in total. The van der Waals surface area contributed by atoms with Crippen LogP contribution in [-0.2, 0) is 10.0 Å². The van der Waals surface area contributed by atoms with E-state index in [1.807, 2.05) is 0 Å². The Kier molecular flexibility index (Phi) is 5.14. The third-order valence-corrected chi connectivity index (χ3v) is 5.70. The summed E-state index contributed by atoms with van der Waals surface area (Å²) in [5.41, 5.74) is 6.97. The third-order valence-electron chi connectivity index (χ3n) is 3.77. The molecule has 2 rings (SSSR count). The molecule has 1 aromatic rings. The molecule has 0 amide bonds. The number of nitrogens with one attached hydrogen (secondary N) is 1. The van der Waals surface area contributed by atoms with Crippen LogP contribution in [0.3, 0.4) is 0 Å². The number of aryl methyl sites for hydroxylation is 1. The molecule has 1 aliphatic rings. The smallest absolute Gasteiger partial charge is 0.242 e. The molecule has 21 heavy (non-hydrogen) atoms. The lowest BCUT2D eigenvalue weighted by Crippen LogP contribution is -2.36. The lowest BCUT2D eigenvalue weighted by Gasteiger charge is -2.20. The second kappa shape index (κ2) is 6.52. The highest BCUT2D eigenvalue weighted by molar-refractivity contribution is 7.89. The fourth-order valence-electron chi connectivity index (χ4n) is 2.31. The topological polar surface area (TPSA) is 75.4 Å². The van der Waals surface area contributed by atoms with Crippen LogP contribution < -0.4 is 10.5 Å². The number of hydrogen-bond acceptors (Lipinski definition) is 4. The van der Waals surface area contributed by atoms with Crippen molar-refractivity contribution >= 4 is 27.3 Å². The molecule has 0 unspecified atom stereocenters. The number of nitrogens with zero attached hydrogens (tertiary/aromatic N) is 1. The molecule has 0 radical (unpaired) electrons. The zero-order chi connectivity index (χ0) is 15.6. The lowest BCUT2D eigenvalue weighted by molar-refractivity contribution is 0.282. The maximum atomic E-state index is 12.3. The van der Waals surface area contributed by atoms with Gasteiger partial charge in [0, 0.05) is 24.8 Å². The zero-order valence-electron chi connectivity index (χ0n) is 12.4. The Morgan fingerprint density at radius 2 is 2.10 bits per heavy atom. The monoisotopic (exact) mass is 331 g/mol. The predicted octanol–water partition coefficient (Wildman–Crippen LogP) is 1.99. The molecule has 118 valence electrons. The number of halogens is 1. The van der Waals surface area contributed by atoms with Crippen molar-refractivity contribution in [3.63, 3.8) is 0 Å². The van der Waals surface area contributed by atoms with Crippen LogP contribution in [0.1, 0.15) is 25.3 Å². The van der Waals surface area contributed by atoms with E-state index >= 15 is 0 Å². The third kappa shape index (κ3) is 4.10. The molecule has 1 aliphatic carbocycles. The van der Waals surface area contributed by atoms with Crippen LogP contribution in [0.5, 0.6) is 0 Å². The molecular formula is C14H22ClN3O2S. The summed E-state index contributed by atoms with van der Waals surface area (Å²) in [6, 6.07) is 3.62. The SMILES string of the molecule is CCN(CCNS(=O)(=O)c1cc(N)c(C)cc1Cl)C1CC1. The van der Waals surface area contributed by atoms with Gasteiger partial charge in [-0.2, -0.15) is 0 Å². The van der Waals surface area contributed by atoms with Gasteiger partial charge in [0.1, 0.15) is 4.90 Å². The van der Waals surface area contributed by atoms with Gasteiger partial charge in [-0.15, -0.1) is 0 Å². The van der Waals surface area contributed by atoms with Crippen LogP contribution in [-0.4, -0.2) is 39.0 Å². The summed E-state index contributed by atoms with van der Waals surface area (Å²) >= 11 is 6.03. The minimum absolute atomic E-state index is 0.0433. The molecule has 1 aromatic carbocycles. The van der Waals surface area contributed by atoms with E-state index in [2.05, 4.69) is 16.5 Å². The predicted molar refractivity (Wildman–Crippen MR) is 86.1 cm³/mol. The number of benzene rings is 1. The number of nitrogens with two attached hydrogens (primary N) is 1. The minimum atomic E-state index is -3.63. The van der Waals surface area contributed by atoms with E-state index in [-0.39, 0.29) is 9.92 Å². The van der Waals surface area contributed by atoms with E-state index in [0.29, 0.717) is 24.8 Å². The number of hydrogen-bond donors (Lipinski definition) is 2. The maximum Gasteiger partial charge on any atom is 0.242 e. The second-order valence-electron chi connectivity index (χ2n) is 5.40. The number of rotatable bonds is 7. The largest absolute Gasteiger partial charge is 0.398 e. The molecular weight excluding hydrogens is 310 g/mol. The second-order valence-corrected chi connectivity index (χ2v) is 7.54. The summed E-state index contributed by atoms with van der Waals surface area (Å²) in [5.74, 6) is 0. The van der Waals surface area contributed by atoms with Crippen molar-refractivity contribution in [2.24, 2.45) is 0 Å². The van der Waals surface area contributed by atoms with Crippen molar-refractivity contribution in [1.82, 2.24) is 9.62 Å². The van der Waals surface area contributed by atoms with E-state index in [0.717, 1.165) is 12.1 Å². The van der Waals surface area contributed by atoms with Crippen molar-refractivity contribution in [3.05, 3.63) is 22.7 Å². The molecule has 0 atom stereocenters. The molecule has 3 N–H and O–H groups in total. The number of likely N-dealkylation sites (N-methyl/N-ethyl adjacent to an activating group) is 1. The van der Waals surface area contributed by atoms with Crippen LogP contribution in [0.25, 0.3) is 0 Å². The molecule has 0 aliphatic heterocycles. The molecule has 0 heterocycles. The molecule has 0 bridgehead atoms. The maximum absolute atomic E-state index is 12.3. The average Bonchev–Trinajstić information content (AvgIpc) is 3.23. The molecule has 0 aromatic heterocycles. The normalized spacial score (nSPS) is 15.6. The van der Waals surface area contributed by atoms with E-state index in [1.165, 1.54) is 18.9 Å². The highest BCUT2D eigenvalue weighted by Gasteiger charge is 2.27. The summed E-state index contributed by atoms with van der Waals surface area (Å²) < 4.78 is 27.2. The first-order chi connectivity index (χ1) is 9.85. The quantitative estimate of drug-likeness (QED) is 0.749. The fourth-order valence-corrected chi connectivity index (χ4v) is 3.95. The number of nitrogen functional groups attached to an aromatic ring is 1. The van der Waals surface area contributed by atoms with Gasteiger partial charge >= 0.3 is 0 Å². The van der Waals surface area contributed by atoms with Gasteiger partial charge in [-0.05, 0) is 44.0 Å². The molecule has 7 heteroatoms. The molecule has 1 fully saturated rings. The minimum Gasteiger partial charge on any atom is -0.398 e. The molecule has 1 saturated carbocycles. The van der Waals surface area contributed by atoms with Gasteiger partial charge < -0.3 is 5.73 Å². The highest BCUT2D eigenvalue weighted by atomic mass is 35.5. The Balaban J connectivity index is 2.03. The summed E-state index contributed by atoms with van der Waals surface area (Å²) in [6.07, 6.45) is 2.42. The van der Waals surface area contributed by atoms with Gasteiger partial charge in [-0.3, -0.25) is 4.90 Å². The van der Waals surface area contributed by atoms with Crippen LogP contribution in [0, 0.1) is 6.92 Å². The van der Waals surface area contributed by atoms with Gasteiger partial charge in [0.2, 0.25) is 10.0 Å². The van der Waals surface area contributed by atoms with E-state index in [4.69, 9.17) is 17.3 Å². The van der Waals surface area contributed by atoms with Crippen LogP contribution in [0.2, 0.25) is 5.02 Å². The highest BCUT2D eigenvalue weighted by Crippen LogP contribution is 2.27. The van der Waals surface area contributed by atoms with Crippen molar-refractivity contribution < 1.29 is 8.42 Å². The van der Waals surface area contributed by atoms with Gasteiger partial charge in [0.15, 0.2) is 0 Å². The molecule has 0 saturated heterocycles. The summed E-state index contributed by atoms with van der Waals surface area (Å²) in [5, 5.41) is 0.198. The Hall–Kier alpha value is -0.820. The van der Waals surface area contributed by atoms with Gasteiger partial charge in [0.25, 0.3) is 0 Å². The van der Waals surface area contributed by atoms with Crippen LogP contribution >= 0.6 is 11.6 Å². The first-order valence-corrected chi connectivity index (χ1v) is 9.00. The zero-order valence-corrected chi connectivity index (χ0v) is 14.0. The van der Waals surface area contributed by atoms with Crippen molar-refractivity contribution in [2.75, 3.05) is 25.4 Å². The Morgan fingerprint density at radius 1 is 1.43 bits per heavy atom. The van der Waals surface area contributed by atoms with E-state index in [1.54, 1.807) is 13.0 Å². The van der Waals surface area contributed by atoms with Gasteiger partial charge in [-0.1, -0.05) is 18.5 Å². The van der Waals surface area contributed by atoms with Crippen molar-refractivity contribution in [3.8, 4) is 0 Å². The summed E-state index contributed by atoms with van der Waals surface area (Å²) in [6.45, 7) is 5.89. The summed E-state index contributed by atoms with van der Waals surface area (Å²) in [7, 11) is -3.63. The van der Waals surface area contributed by atoms with Crippen molar-refractivity contribution in [2.45, 2.75) is 37.6 Å². The van der Waals surface area contributed by atoms with Gasteiger partial charge in [-0.25, -0.2) is 13.1 Å². The Bertz CT molecular complexity index is 615. The molecule has 0 spiro atoms. The first-order valence-electron chi connectivity index (χ1n) is 7.14. The Labute approximate surface area is 131 Å². The Morgan fingerprint density at radius 3 is 2.67 bits per heavy atom. The van der Waals surface area contributed by atoms with Gasteiger partial charge in [0.05, 0.1) is 5.02 Å². The summed E-state index contributed by atoms with van der Waals surface area (Å²) in [4.78, 5) is 2.33. The van der Waals surface area contributed by atoms with E-state index < -0.39 is 10.0 Å². The van der Waals surface area contributed by atoms with E-state index in [9.17, 15) is 8.42 Å². The van der Waals surface area contributed by atoms with Crippen molar-refractivity contribution in [1.29, 1.82) is 0 Å². The average molecular weight is 332 g/mol.